The fourth-order valence-corrected chi connectivity index (χ4v) is 1.71. The van der Waals surface area contributed by atoms with Gasteiger partial charge in [-0.25, -0.2) is 18.0 Å². The second-order valence-electron chi connectivity index (χ2n) is 3.44. The van der Waals surface area contributed by atoms with E-state index in [2.05, 4.69) is 10.6 Å². The van der Waals surface area contributed by atoms with Crippen molar-refractivity contribution in [1.82, 2.24) is 10.6 Å². The Bertz CT molecular complexity index is 366. The highest BCUT2D eigenvalue weighted by Crippen LogP contribution is 1.91. The van der Waals surface area contributed by atoms with Crippen molar-refractivity contribution >= 4 is 21.8 Å². The summed E-state index contributed by atoms with van der Waals surface area (Å²) in [6, 6.07) is -1.64. The first-order chi connectivity index (χ1) is 7.82. The van der Waals surface area contributed by atoms with Gasteiger partial charge in [0.05, 0.1) is 5.75 Å². The number of hydrogen-bond donors (Lipinski definition) is 3. The molecule has 0 heterocycles. The van der Waals surface area contributed by atoms with Gasteiger partial charge in [-0.15, -0.1) is 0 Å². The second-order valence-corrected chi connectivity index (χ2v) is 5.91. The van der Waals surface area contributed by atoms with Crippen LogP contribution in [0.4, 0.5) is 4.79 Å². The van der Waals surface area contributed by atoms with E-state index in [-0.39, 0.29) is 24.5 Å². The zero-order valence-corrected chi connectivity index (χ0v) is 10.7. The number of nitrogens with one attached hydrogen (secondary N) is 2. The van der Waals surface area contributed by atoms with Gasteiger partial charge < -0.3 is 15.7 Å². The summed E-state index contributed by atoms with van der Waals surface area (Å²) in [5, 5.41) is 13.2. The van der Waals surface area contributed by atoms with E-state index in [4.69, 9.17) is 5.11 Å². The van der Waals surface area contributed by atoms with Crippen molar-refractivity contribution in [2.24, 2.45) is 0 Å². The Hall–Kier alpha value is -1.31. The van der Waals surface area contributed by atoms with Gasteiger partial charge in [-0.3, -0.25) is 0 Å². The van der Waals surface area contributed by atoms with Crippen molar-refractivity contribution in [3.05, 3.63) is 0 Å². The molecule has 0 aromatic heterocycles. The van der Waals surface area contributed by atoms with Crippen LogP contribution in [0.2, 0.25) is 0 Å². The average molecular weight is 266 g/mol. The predicted octanol–water partition coefficient (Wildman–Crippen LogP) is -0.416. The maximum atomic E-state index is 11.2. The van der Waals surface area contributed by atoms with Gasteiger partial charge in [-0.05, 0) is 6.42 Å². The van der Waals surface area contributed by atoms with Crippen LogP contribution in [0, 0.1) is 0 Å². The number of amides is 2. The number of hydrogen-bond acceptors (Lipinski definition) is 4. The number of aliphatic carboxylic acids is 1. The predicted molar refractivity (Wildman–Crippen MR) is 62.6 cm³/mol. The maximum absolute atomic E-state index is 11.2. The molecule has 0 radical (unpaired) electrons. The topological polar surface area (TPSA) is 113 Å². The van der Waals surface area contributed by atoms with Crippen LogP contribution in [0.3, 0.4) is 0 Å². The lowest BCUT2D eigenvalue weighted by molar-refractivity contribution is -0.139. The van der Waals surface area contributed by atoms with Crippen LogP contribution < -0.4 is 10.6 Å². The first kappa shape index (κ1) is 15.7. The number of carboxylic acid groups (broad SMARTS) is 1. The minimum absolute atomic E-state index is 0.0169. The lowest BCUT2D eigenvalue weighted by Gasteiger charge is -2.12. The van der Waals surface area contributed by atoms with Gasteiger partial charge in [0, 0.05) is 12.3 Å². The monoisotopic (exact) mass is 266 g/mol. The van der Waals surface area contributed by atoms with E-state index in [0.717, 1.165) is 0 Å². The summed E-state index contributed by atoms with van der Waals surface area (Å²) in [5.41, 5.74) is 0. The van der Waals surface area contributed by atoms with Crippen LogP contribution in [0.15, 0.2) is 0 Å². The number of carbonyl (C=O) groups is 2. The number of rotatable bonds is 7. The van der Waals surface area contributed by atoms with E-state index < -0.39 is 27.9 Å². The van der Waals surface area contributed by atoms with Crippen molar-refractivity contribution in [2.75, 3.05) is 18.1 Å². The largest absolute Gasteiger partial charge is 0.480 e. The molecule has 0 aromatic rings. The van der Waals surface area contributed by atoms with Crippen molar-refractivity contribution in [1.29, 1.82) is 0 Å². The van der Waals surface area contributed by atoms with Crippen LogP contribution in [0.25, 0.3) is 0 Å². The molecule has 2 amide bonds. The molecule has 17 heavy (non-hydrogen) atoms. The Labute approximate surface area is 101 Å². The van der Waals surface area contributed by atoms with E-state index in [1.54, 1.807) is 6.92 Å². The molecule has 0 aliphatic heterocycles. The normalized spacial score (nSPS) is 12.8. The molecule has 0 saturated carbocycles. The van der Waals surface area contributed by atoms with Crippen LogP contribution >= 0.6 is 0 Å². The summed E-state index contributed by atoms with van der Waals surface area (Å²) in [6.07, 6.45) is 0.260. The Balaban J connectivity index is 4.00. The zero-order valence-electron chi connectivity index (χ0n) is 9.89. The molecule has 1 unspecified atom stereocenters. The summed E-state index contributed by atoms with van der Waals surface area (Å²) in [7, 11) is -3.12. The number of carboxylic acids is 1. The lowest BCUT2D eigenvalue weighted by atomic mass is 10.2. The van der Waals surface area contributed by atoms with E-state index in [1.807, 2.05) is 0 Å². The SMILES string of the molecule is CCC(NC(=O)NCCS(=O)(=O)CC)C(=O)O. The van der Waals surface area contributed by atoms with Crippen molar-refractivity contribution in [3.63, 3.8) is 0 Å². The molecular formula is C9H18N2O5S. The molecule has 0 bridgehead atoms. The molecule has 8 heteroatoms. The van der Waals surface area contributed by atoms with Gasteiger partial charge in [-0.1, -0.05) is 13.8 Å². The first-order valence-electron chi connectivity index (χ1n) is 5.30. The van der Waals surface area contributed by atoms with Gasteiger partial charge >= 0.3 is 12.0 Å². The fourth-order valence-electron chi connectivity index (χ4n) is 1.01. The maximum Gasteiger partial charge on any atom is 0.326 e. The van der Waals surface area contributed by atoms with E-state index in [9.17, 15) is 18.0 Å². The molecule has 0 fully saturated rings. The number of carbonyl (C=O) groups excluding carboxylic acids is 1. The van der Waals surface area contributed by atoms with Gasteiger partial charge in [0.15, 0.2) is 9.84 Å². The van der Waals surface area contributed by atoms with E-state index >= 15 is 0 Å². The molecule has 3 N–H and O–H groups in total. The minimum Gasteiger partial charge on any atom is -0.480 e. The molecule has 0 aromatic carbocycles. The minimum atomic E-state index is -3.12. The molecule has 0 saturated heterocycles. The van der Waals surface area contributed by atoms with Crippen LogP contribution in [0.5, 0.6) is 0 Å². The molecule has 0 rings (SSSR count). The molecule has 0 aliphatic carbocycles. The van der Waals surface area contributed by atoms with Crippen LogP contribution in [-0.2, 0) is 14.6 Å². The van der Waals surface area contributed by atoms with Gasteiger partial charge in [0.1, 0.15) is 6.04 Å². The zero-order chi connectivity index (χ0) is 13.5. The van der Waals surface area contributed by atoms with Gasteiger partial charge in [0.25, 0.3) is 0 Å². The molecule has 0 aliphatic rings. The smallest absolute Gasteiger partial charge is 0.326 e. The summed E-state index contributed by atoms with van der Waals surface area (Å²) in [6.45, 7) is 3.12. The molecule has 7 nitrogen and oxygen atoms in total. The van der Waals surface area contributed by atoms with E-state index in [1.165, 1.54) is 6.92 Å². The van der Waals surface area contributed by atoms with Gasteiger partial charge in [0.2, 0.25) is 0 Å². The first-order valence-corrected chi connectivity index (χ1v) is 7.12. The standard InChI is InChI=1S/C9H18N2O5S/c1-3-7(8(12)13)11-9(14)10-5-6-17(15,16)4-2/h7H,3-6H2,1-2H3,(H,12,13)(H2,10,11,14). The fraction of sp³-hybridized carbons (Fsp3) is 0.778. The van der Waals surface area contributed by atoms with Crippen LogP contribution in [0.1, 0.15) is 20.3 Å². The number of urea groups is 1. The second kappa shape index (κ2) is 7.10. The molecular weight excluding hydrogens is 248 g/mol. The van der Waals surface area contributed by atoms with Crippen molar-refractivity contribution in [3.8, 4) is 0 Å². The number of sulfone groups is 1. The quantitative estimate of drug-likeness (QED) is 0.579. The third kappa shape index (κ3) is 6.77. The van der Waals surface area contributed by atoms with Gasteiger partial charge in [-0.2, -0.15) is 0 Å². The molecule has 100 valence electrons. The Morgan fingerprint density at radius 1 is 1.29 bits per heavy atom. The average Bonchev–Trinajstić information content (AvgIpc) is 2.25. The lowest BCUT2D eigenvalue weighted by Crippen LogP contribution is -2.46. The summed E-state index contributed by atoms with van der Waals surface area (Å²) >= 11 is 0. The Morgan fingerprint density at radius 3 is 2.29 bits per heavy atom. The molecule has 1 atom stereocenters. The highest BCUT2D eigenvalue weighted by atomic mass is 32.2. The summed E-state index contributed by atoms with van der Waals surface area (Å²) in [4.78, 5) is 21.8. The third-order valence-corrected chi connectivity index (χ3v) is 3.86. The summed E-state index contributed by atoms with van der Waals surface area (Å²) < 4.78 is 22.2. The molecule has 0 spiro atoms. The van der Waals surface area contributed by atoms with Crippen molar-refractivity contribution < 1.29 is 23.1 Å². The van der Waals surface area contributed by atoms with Crippen LogP contribution in [-0.4, -0.2) is 49.6 Å². The Morgan fingerprint density at radius 2 is 1.88 bits per heavy atom. The Kier molecular flexibility index (Phi) is 6.55. The third-order valence-electron chi connectivity index (χ3n) is 2.15. The highest BCUT2D eigenvalue weighted by Gasteiger charge is 2.17. The van der Waals surface area contributed by atoms with E-state index in [0.29, 0.717) is 0 Å². The highest BCUT2D eigenvalue weighted by molar-refractivity contribution is 7.91. The van der Waals surface area contributed by atoms with Crippen molar-refractivity contribution in [2.45, 2.75) is 26.3 Å². The summed E-state index contributed by atoms with van der Waals surface area (Å²) in [5.74, 6) is -1.26.